The van der Waals surface area contributed by atoms with Crippen LogP contribution in [0, 0.1) is 5.41 Å². The highest BCUT2D eigenvalue weighted by molar-refractivity contribution is 5.96. The zero-order chi connectivity index (χ0) is 16.4. The number of ether oxygens (including phenoxy) is 1. The first-order valence-electron chi connectivity index (χ1n) is 7.18. The van der Waals surface area contributed by atoms with Crippen molar-refractivity contribution in [2.24, 2.45) is 5.41 Å². The van der Waals surface area contributed by atoms with Gasteiger partial charge >= 0.3 is 6.18 Å². The van der Waals surface area contributed by atoms with E-state index in [0.29, 0.717) is 6.54 Å². The van der Waals surface area contributed by atoms with Crippen molar-refractivity contribution in [1.29, 1.82) is 0 Å². The lowest BCUT2D eigenvalue weighted by atomic mass is 9.70. The van der Waals surface area contributed by atoms with Crippen LogP contribution in [0.5, 0.6) is 5.88 Å². The molecular weight excluding hydrogens is 297 g/mol. The molecule has 1 heterocycles. The summed E-state index contributed by atoms with van der Waals surface area (Å²) in [6.45, 7) is 3.45. The molecule has 1 aliphatic carbocycles. The van der Waals surface area contributed by atoms with Gasteiger partial charge < -0.3 is 10.1 Å². The molecule has 1 amide bonds. The van der Waals surface area contributed by atoms with E-state index in [4.69, 9.17) is 4.74 Å². The fourth-order valence-electron chi connectivity index (χ4n) is 2.24. The largest absolute Gasteiger partial charge is 0.464 e. The van der Waals surface area contributed by atoms with Gasteiger partial charge in [0.15, 0.2) is 6.10 Å². The molecule has 1 fully saturated rings. The fraction of sp³-hybridized carbons (Fsp3) is 0.600. The van der Waals surface area contributed by atoms with Gasteiger partial charge in [-0.2, -0.15) is 13.2 Å². The van der Waals surface area contributed by atoms with Crippen molar-refractivity contribution in [1.82, 2.24) is 10.3 Å². The van der Waals surface area contributed by atoms with Crippen molar-refractivity contribution < 1.29 is 22.7 Å². The van der Waals surface area contributed by atoms with Gasteiger partial charge in [0.2, 0.25) is 5.88 Å². The number of pyridine rings is 1. The maximum atomic E-state index is 12.6. The predicted octanol–water partition coefficient (Wildman–Crippen LogP) is 3.33. The van der Waals surface area contributed by atoms with E-state index in [1.54, 1.807) is 0 Å². The Bertz CT molecular complexity index is 542. The Morgan fingerprint density at radius 2 is 2.18 bits per heavy atom. The number of rotatable bonds is 5. The standard InChI is InChI=1S/C15H19F3N2O2/c1-10(15(16,17)18)22-13-11(5-3-8-19-13)12(21)20-9-14(2)6-4-7-14/h3,5,8,10H,4,6-7,9H2,1-2H3,(H,20,21). The Balaban J connectivity index is 2.05. The molecule has 0 spiro atoms. The Labute approximate surface area is 127 Å². The molecule has 1 atom stereocenters. The molecule has 2 rings (SSSR count). The third kappa shape index (κ3) is 3.90. The van der Waals surface area contributed by atoms with Crippen molar-refractivity contribution in [2.75, 3.05) is 6.54 Å². The van der Waals surface area contributed by atoms with Crippen molar-refractivity contribution in [2.45, 2.75) is 45.4 Å². The number of amides is 1. The van der Waals surface area contributed by atoms with Gasteiger partial charge in [0.25, 0.3) is 5.91 Å². The first-order chi connectivity index (χ1) is 10.2. The zero-order valence-electron chi connectivity index (χ0n) is 12.5. The fourth-order valence-corrected chi connectivity index (χ4v) is 2.24. The SMILES string of the molecule is CC(Oc1ncccc1C(=O)NCC1(C)CCC1)C(F)(F)F. The van der Waals surface area contributed by atoms with Crippen LogP contribution in [0.2, 0.25) is 0 Å². The van der Waals surface area contributed by atoms with E-state index in [-0.39, 0.29) is 16.9 Å². The minimum atomic E-state index is -4.51. The third-order valence-electron chi connectivity index (χ3n) is 4.00. The molecule has 0 aromatic carbocycles. The number of aromatic nitrogens is 1. The molecule has 1 aromatic rings. The van der Waals surface area contributed by atoms with Gasteiger partial charge in [0.05, 0.1) is 0 Å². The molecule has 0 saturated heterocycles. The molecule has 0 aliphatic heterocycles. The number of nitrogens with zero attached hydrogens (tertiary/aromatic N) is 1. The molecule has 22 heavy (non-hydrogen) atoms. The van der Waals surface area contributed by atoms with Gasteiger partial charge in [0.1, 0.15) is 5.56 Å². The molecule has 1 saturated carbocycles. The average molecular weight is 316 g/mol. The monoisotopic (exact) mass is 316 g/mol. The van der Waals surface area contributed by atoms with Gasteiger partial charge in [-0.15, -0.1) is 0 Å². The summed E-state index contributed by atoms with van der Waals surface area (Å²) in [6, 6.07) is 2.90. The lowest BCUT2D eigenvalue weighted by molar-refractivity contribution is -0.190. The van der Waals surface area contributed by atoms with Gasteiger partial charge in [-0.1, -0.05) is 13.3 Å². The van der Waals surface area contributed by atoms with Crippen molar-refractivity contribution in [3.8, 4) is 5.88 Å². The minimum Gasteiger partial charge on any atom is -0.464 e. The molecule has 1 aromatic heterocycles. The highest BCUT2D eigenvalue weighted by atomic mass is 19.4. The Kier molecular flexibility index (Phi) is 4.63. The topological polar surface area (TPSA) is 51.2 Å². The van der Waals surface area contributed by atoms with Gasteiger partial charge in [-0.05, 0) is 37.3 Å². The summed E-state index contributed by atoms with van der Waals surface area (Å²) in [5.74, 6) is -0.769. The Hall–Kier alpha value is -1.79. The molecule has 122 valence electrons. The lowest BCUT2D eigenvalue weighted by Crippen LogP contribution is -2.40. The van der Waals surface area contributed by atoms with Gasteiger partial charge in [-0.3, -0.25) is 4.79 Å². The molecule has 4 nitrogen and oxygen atoms in total. The zero-order valence-corrected chi connectivity index (χ0v) is 12.5. The van der Waals surface area contributed by atoms with E-state index >= 15 is 0 Å². The quantitative estimate of drug-likeness (QED) is 0.906. The van der Waals surface area contributed by atoms with E-state index in [2.05, 4.69) is 17.2 Å². The lowest BCUT2D eigenvalue weighted by Gasteiger charge is -2.38. The van der Waals surface area contributed by atoms with Crippen molar-refractivity contribution in [3.05, 3.63) is 23.9 Å². The maximum absolute atomic E-state index is 12.6. The van der Waals surface area contributed by atoms with Crippen LogP contribution in [0.3, 0.4) is 0 Å². The maximum Gasteiger partial charge on any atom is 0.425 e. The summed E-state index contributed by atoms with van der Waals surface area (Å²) in [5, 5.41) is 2.75. The van der Waals surface area contributed by atoms with Crippen molar-refractivity contribution in [3.63, 3.8) is 0 Å². The van der Waals surface area contributed by atoms with Crippen LogP contribution in [0.25, 0.3) is 0 Å². The van der Waals surface area contributed by atoms with Crippen LogP contribution in [0.15, 0.2) is 18.3 Å². The third-order valence-corrected chi connectivity index (χ3v) is 4.00. The van der Waals surface area contributed by atoms with Crippen LogP contribution < -0.4 is 10.1 Å². The van der Waals surface area contributed by atoms with Crippen molar-refractivity contribution >= 4 is 5.91 Å². The Morgan fingerprint density at radius 3 is 2.73 bits per heavy atom. The Morgan fingerprint density at radius 1 is 1.50 bits per heavy atom. The number of hydrogen-bond acceptors (Lipinski definition) is 3. The summed E-state index contributed by atoms with van der Waals surface area (Å²) >= 11 is 0. The summed E-state index contributed by atoms with van der Waals surface area (Å²) in [4.78, 5) is 15.9. The summed E-state index contributed by atoms with van der Waals surface area (Å²) in [7, 11) is 0. The van der Waals surface area contributed by atoms with E-state index in [1.165, 1.54) is 18.3 Å². The minimum absolute atomic E-state index is 0.0153. The molecule has 1 aliphatic rings. The first-order valence-corrected chi connectivity index (χ1v) is 7.18. The average Bonchev–Trinajstić information content (AvgIpc) is 2.42. The van der Waals surface area contributed by atoms with Crippen LogP contribution in [0.1, 0.15) is 43.5 Å². The highest BCUT2D eigenvalue weighted by Gasteiger charge is 2.39. The molecule has 7 heteroatoms. The van der Waals surface area contributed by atoms with E-state index in [9.17, 15) is 18.0 Å². The number of carbonyl (C=O) groups is 1. The summed E-state index contributed by atoms with van der Waals surface area (Å²) in [5.41, 5.74) is 0.0968. The number of halogens is 3. The van der Waals surface area contributed by atoms with Gasteiger partial charge in [-0.25, -0.2) is 4.98 Å². The molecule has 0 bridgehead atoms. The highest BCUT2D eigenvalue weighted by Crippen LogP contribution is 2.39. The number of alkyl halides is 3. The molecule has 0 radical (unpaired) electrons. The van der Waals surface area contributed by atoms with Crippen LogP contribution in [-0.4, -0.2) is 29.7 Å². The molecule has 1 unspecified atom stereocenters. The number of hydrogen-bond donors (Lipinski definition) is 1. The number of carbonyl (C=O) groups excluding carboxylic acids is 1. The summed E-state index contributed by atoms with van der Waals surface area (Å²) in [6.07, 6.45) is -2.04. The predicted molar refractivity (Wildman–Crippen MR) is 74.7 cm³/mol. The van der Waals surface area contributed by atoms with E-state index in [0.717, 1.165) is 26.2 Å². The second-order valence-corrected chi connectivity index (χ2v) is 6.00. The van der Waals surface area contributed by atoms with E-state index in [1.807, 2.05) is 0 Å². The number of nitrogens with one attached hydrogen (secondary N) is 1. The van der Waals surface area contributed by atoms with Crippen LogP contribution in [-0.2, 0) is 0 Å². The van der Waals surface area contributed by atoms with Gasteiger partial charge in [0, 0.05) is 12.7 Å². The summed E-state index contributed by atoms with van der Waals surface area (Å²) < 4.78 is 42.5. The smallest absolute Gasteiger partial charge is 0.425 e. The molecular formula is C15H19F3N2O2. The van der Waals surface area contributed by atoms with Crippen LogP contribution in [0.4, 0.5) is 13.2 Å². The normalized spacial score (nSPS) is 18.2. The molecule has 1 N–H and O–H groups in total. The van der Waals surface area contributed by atoms with Crippen LogP contribution >= 0.6 is 0 Å². The second kappa shape index (κ2) is 6.14. The van der Waals surface area contributed by atoms with E-state index < -0.39 is 18.2 Å². The first kappa shape index (κ1) is 16.6. The second-order valence-electron chi connectivity index (χ2n) is 6.00.